The van der Waals surface area contributed by atoms with Gasteiger partial charge < -0.3 is 19.3 Å². The highest BCUT2D eigenvalue weighted by Gasteiger charge is 2.21. The van der Waals surface area contributed by atoms with E-state index in [-0.39, 0.29) is 32.2 Å². The zero-order valence-electron chi connectivity index (χ0n) is 17.4. The second kappa shape index (κ2) is 13.0. The monoisotopic (exact) mass is 438 g/mol. The van der Waals surface area contributed by atoms with E-state index in [1.165, 1.54) is 10.6 Å². The van der Waals surface area contributed by atoms with Crippen LogP contribution in [0.4, 0.5) is 0 Å². The van der Waals surface area contributed by atoms with E-state index in [1.54, 1.807) is 0 Å². The first-order valence-corrected chi connectivity index (χ1v) is 11.6. The van der Waals surface area contributed by atoms with Gasteiger partial charge in [0.05, 0.1) is 39.5 Å². The second-order valence-corrected chi connectivity index (χ2v) is 8.83. The maximum absolute atomic E-state index is 12.4. The fraction of sp³-hybridized carbons (Fsp3) is 0.240. The standard InChI is InChI=1S/C25H27O5P/c26-16-18-29-20-19-28-17-15-25(27)30-23-13-7-8-14-24(23)31(21-9-3-1-4-10-21)22-11-5-2-6-12-22/h1-14,26H,15-20H2. The molecule has 31 heavy (non-hydrogen) atoms. The van der Waals surface area contributed by atoms with E-state index in [2.05, 4.69) is 24.3 Å². The Bertz CT molecular complexity index is 878. The van der Waals surface area contributed by atoms with Gasteiger partial charge in [-0.05, 0) is 24.6 Å². The molecule has 0 unspecified atom stereocenters. The summed E-state index contributed by atoms with van der Waals surface area (Å²) in [4.78, 5) is 12.4. The Hall–Kier alpha value is -2.56. The number of carbonyl (C=O) groups is 1. The summed E-state index contributed by atoms with van der Waals surface area (Å²) in [5.74, 6) is 0.248. The lowest BCUT2D eigenvalue weighted by Crippen LogP contribution is -2.23. The average molecular weight is 438 g/mol. The number of hydrogen-bond donors (Lipinski definition) is 1. The fourth-order valence-corrected chi connectivity index (χ4v) is 5.40. The Morgan fingerprint density at radius 2 is 1.26 bits per heavy atom. The van der Waals surface area contributed by atoms with Gasteiger partial charge in [-0.3, -0.25) is 4.79 Å². The smallest absolute Gasteiger partial charge is 0.313 e. The van der Waals surface area contributed by atoms with Crippen molar-refractivity contribution in [2.24, 2.45) is 0 Å². The number of esters is 1. The molecule has 0 heterocycles. The van der Waals surface area contributed by atoms with Crippen LogP contribution in [0.15, 0.2) is 84.9 Å². The van der Waals surface area contributed by atoms with Crippen LogP contribution in [0.25, 0.3) is 0 Å². The molecule has 0 fully saturated rings. The van der Waals surface area contributed by atoms with Crippen molar-refractivity contribution < 1.29 is 24.1 Å². The van der Waals surface area contributed by atoms with E-state index in [0.717, 1.165) is 5.30 Å². The minimum Gasteiger partial charge on any atom is -0.426 e. The quantitative estimate of drug-likeness (QED) is 0.204. The number of carbonyl (C=O) groups excluding carboxylic acids is 1. The molecule has 1 N–H and O–H groups in total. The van der Waals surface area contributed by atoms with E-state index in [0.29, 0.717) is 19.0 Å². The first-order valence-electron chi connectivity index (χ1n) is 10.3. The molecule has 0 saturated heterocycles. The number of hydrogen-bond acceptors (Lipinski definition) is 5. The van der Waals surface area contributed by atoms with Crippen molar-refractivity contribution in [3.63, 3.8) is 0 Å². The minimum atomic E-state index is -0.867. The van der Waals surface area contributed by atoms with Crippen molar-refractivity contribution in [1.29, 1.82) is 0 Å². The third kappa shape index (κ3) is 7.27. The van der Waals surface area contributed by atoms with E-state index in [9.17, 15) is 4.79 Å². The van der Waals surface area contributed by atoms with Crippen molar-refractivity contribution in [3.05, 3.63) is 84.9 Å². The number of para-hydroxylation sites is 1. The largest absolute Gasteiger partial charge is 0.426 e. The molecule has 0 saturated carbocycles. The van der Waals surface area contributed by atoms with Crippen molar-refractivity contribution >= 4 is 29.8 Å². The molecule has 0 amide bonds. The Morgan fingerprint density at radius 3 is 1.87 bits per heavy atom. The molecule has 0 bridgehead atoms. The van der Waals surface area contributed by atoms with Gasteiger partial charge in [-0.25, -0.2) is 0 Å². The molecular formula is C25H27O5P. The number of aliphatic hydroxyl groups is 1. The Kier molecular flexibility index (Phi) is 9.68. The normalized spacial score (nSPS) is 10.9. The molecule has 0 aliphatic heterocycles. The summed E-state index contributed by atoms with van der Waals surface area (Å²) in [5, 5.41) is 12.1. The van der Waals surface area contributed by atoms with Crippen LogP contribution in [0.2, 0.25) is 0 Å². The Morgan fingerprint density at radius 1 is 0.710 bits per heavy atom. The van der Waals surface area contributed by atoms with Crippen LogP contribution in [0.3, 0.4) is 0 Å². The van der Waals surface area contributed by atoms with Gasteiger partial charge in [-0.1, -0.05) is 78.9 Å². The van der Waals surface area contributed by atoms with Crippen molar-refractivity contribution in [2.75, 3.05) is 33.0 Å². The number of rotatable bonds is 12. The first kappa shape index (κ1) is 23.1. The maximum Gasteiger partial charge on any atom is 0.313 e. The molecule has 0 spiro atoms. The maximum atomic E-state index is 12.4. The van der Waals surface area contributed by atoms with E-state index in [4.69, 9.17) is 19.3 Å². The van der Waals surface area contributed by atoms with Gasteiger partial charge in [0.15, 0.2) is 0 Å². The minimum absolute atomic E-state index is 0.0137. The third-order valence-electron chi connectivity index (χ3n) is 4.42. The molecule has 3 rings (SSSR count). The molecule has 0 aromatic heterocycles. The lowest BCUT2D eigenvalue weighted by Gasteiger charge is -2.21. The molecule has 3 aromatic rings. The summed E-state index contributed by atoms with van der Waals surface area (Å²) in [6, 6.07) is 28.3. The summed E-state index contributed by atoms with van der Waals surface area (Å²) in [7, 11) is -0.867. The molecule has 5 nitrogen and oxygen atoms in total. The summed E-state index contributed by atoms with van der Waals surface area (Å²) < 4.78 is 16.3. The van der Waals surface area contributed by atoms with Crippen LogP contribution in [0.5, 0.6) is 5.75 Å². The van der Waals surface area contributed by atoms with Crippen LogP contribution < -0.4 is 20.7 Å². The highest BCUT2D eigenvalue weighted by molar-refractivity contribution is 7.80. The van der Waals surface area contributed by atoms with Crippen molar-refractivity contribution in [2.45, 2.75) is 6.42 Å². The van der Waals surface area contributed by atoms with Gasteiger partial charge in [0, 0.05) is 5.30 Å². The van der Waals surface area contributed by atoms with Crippen LogP contribution in [-0.4, -0.2) is 44.1 Å². The Balaban J connectivity index is 1.70. The Labute approximate surface area is 184 Å². The average Bonchev–Trinajstić information content (AvgIpc) is 2.81. The molecule has 0 aliphatic rings. The van der Waals surface area contributed by atoms with Crippen LogP contribution in [-0.2, 0) is 14.3 Å². The van der Waals surface area contributed by atoms with Crippen molar-refractivity contribution in [3.8, 4) is 5.75 Å². The van der Waals surface area contributed by atoms with Crippen molar-refractivity contribution in [1.82, 2.24) is 0 Å². The van der Waals surface area contributed by atoms with Crippen LogP contribution in [0, 0.1) is 0 Å². The van der Waals surface area contributed by atoms with Gasteiger partial charge in [0.1, 0.15) is 5.75 Å². The van der Waals surface area contributed by atoms with Gasteiger partial charge in [0.25, 0.3) is 0 Å². The highest BCUT2D eigenvalue weighted by atomic mass is 31.1. The van der Waals surface area contributed by atoms with Gasteiger partial charge >= 0.3 is 5.97 Å². The lowest BCUT2D eigenvalue weighted by molar-refractivity contribution is -0.135. The molecule has 0 atom stereocenters. The summed E-state index contributed by atoms with van der Waals surface area (Å²) in [6.45, 7) is 1.29. The van der Waals surface area contributed by atoms with Crippen LogP contribution in [0.1, 0.15) is 6.42 Å². The molecule has 0 aliphatic carbocycles. The highest BCUT2D eigenvalue weighted by Crippen LogP contribution is 2.36. The molecule has 6 heteroatoms. The first-order chi connectivity index (χ1) is 15.3. The summed E-state index contributed by atoms with van der Waals surface area (Å²) >= 11 is 0. The predicted octanol–water partition coefficient (Wildman–Crippen LogP) is 2.77. The van der Waals surface area contributed by atoms with Gasteiger partial charge in [-0.2, -0.15) is 0 Å². The molecule has 162 valence electrons. The molecule has 0 radical (unpaired) electrons. The van der Waals surface area contributed by atoms with E-state index >= 15 is 0 Å². The van der Waals surface area contributed by atoms with E-state index < -0.39 is 7.92 Å². The SMILES string of the molecule is O=C(CCOCCOCCO)Oc1ccccc1P(c1ccccc1)c1ccccc1. The zero-order chi connectivity index (χ0) is 21.7. The van der Waals surface area contributed by atoms with Crippen LogP contribution >= 0.6 is 7.92 Å². The summed E-state index contributed by atoms with van der Waals surface area (Å²) in [5.41, 5.74) is 0. The third-order valence-corrected chi connectivity index (χ3v) is 6.90. The molecular weight excluding hydrogens is 411 g/mol. The van der Waals surface area contributed by atoms with Gasteiger partial charge in [-0.15, -0.1) is 0 Å². The number of aliphatic hydroxyl groups excluding tert-OH is 1. The summed E-state index contributed by atoms with van der Waals surface area (Å²) in [6.07, 6.45) is 0.156. The predicted molar refractivity (Wildman–Crippen MR) is 124 cm³/mol. The molecule has 3 aromatic carbocycles. The fourth-order valence-electron chi connectivity index (χ4n) is 3.03. The number of benzene rings is 3. The number of ether oxygens (including phenoxy) is 3. The second-order valence-electron chi connectivity index (χ2n) is 6.65. The van der Waals surface area contributed by atoms with E-state index in [1.807, 2.05) is 60.7 Å². The zero-order valence-corrected chi connectivity index (χ0v) is 18.2. The van der Waals surface area contributed by atoms with Gasteiger partial charge in [0.2, 0.25) is 0 Å². The lowest BCUT2D eigenvalue weighted by atomic mass is 10.3. The topological polar surface area (TPSA) is 65.0 Å².